The molecule has 0 saturated heterocycles. The standard InChI is InChI=1S/C11H9Cl2NO2/c1-11(5-9(15)16)7-4-6(12)2-3-8(7)14-10(11)13/h2-4H,5H2,1H3,(H,15,16). The van der Waals surface area contributed by atoms with Crippen molar-refractivity contribution in [3.63, 3.8) is 0 Å². The Labute approximate surface area is 103 Å². The fourth-order valence-corrected chi connectivity index (χ4v) is 2.29. The van der Waals surface area contributed by atoms with Crippen molar-refractivity contribution in [3.05, 3.63) is 28.8 Å². The second kappa shape index (κ2) is 3.75. The summed E-state index contributed by atoms with van der Waals surface area (Å²) in [4.78, 5) is 15.0. The number of carboxylic acids is 1. The number of hydrogen-bond donors (Lipinski definition) is 1. The predicted octanol–water partition coefficient (Wildman–Crippen LogP) is 3.35. The van der Waals surface area contributed by atoms with E-state index < -0.39 is 11.4 Å². The first kappa shape index (κ1) is 11.4. The number of hydrogen-bond acceptors (Lipinski definition) is 2. The molecule has 0 saturated carbocycles. The van der Waals surface area contributed by atoms with Crippen LogP contribution in [0.15, 0.2) is 23.2 Å². The van der Waals surface area contributed by atoms with Crippen molar-refractivity contribution in [1.29, 1.82) is 0 Å². The molecule has 3 nitrogen and oxygen atoms in total. The van der Waals surface area contributed by atoms with Crippen molar-refractivity contribution in [2.45, 2.75) is 18.8 Å². The van der Waals surface area contributed by atoms with Crippen LogP contribution in [0, 0.1) is 0 Å². The number of rotatable bonds is 2. The average Bonchev–Trinajstić information content (AvgIpc) is 2.40. The molecule has 0 radical (unpaired) electrons. The zero-order chi connectivity index (χ0) is 11.9. The number of carbonyl (C=O) groups is 1. The Kier molecular flexibility index (Phi) is 2.68. The van der Waals surface area contributed by atoms with Crippen molar-refractivity contribution in [2.75, 3.05) is 0 Å². The minimum atomic E-state index is -0.913. The average molecular weight is 258 g/mol. The lowest BCUT2D eigenvalue weighted by Gasteiger charge is -2.22. The van der Waals surface area contributed by atoms with Crippen LogP contribution in [0.4, 0.5) is 5.69 Å². The summed E-state index contributed by atoms with van der Waals surface area (Å²) >= 11 is 11.9. The molecule has 5 heteroatoms. The Morgan fingerprint density at radius 1 is 1.50 bits per heavy atom. The second-order valence-corrected chi connectivity index (χ2v) is 4.76. The quantitative estimate of drug-likeness (QED) is 0.884. The summed E-state index contributed by atoms with van der Waals surface area (Å²) in [7, 11) is 0. The molecule has 1 N–H and O–H groups in total. The van der Waals surface area contributed by atoms with Crippen molar-refractivity contribution >= 4 is 40.0 Å². The smallest absolute Gasteiger partial charge is 0.304 e. The third-order valence-corrected chi connectivity index (χ3v) is 3.47. The van der Waals surface area contributed by atoms with E-state index in [1.165, 1.54) is 0 Å². The van der Waals surface area contributed by atoms with Gasteiger partial charge in [0.25, 0.3) is 0 Å². The van der Waals surface area contributed by atoms with Gasteiger partial charge in [0.05, 0.1) is 17.5 Å². The molecule has 0 amide bonds. The van der Waals surface area contributed by atoms with Crippen LogP contribution in [0.3, 0.4) is 0 Å². The van der Waals surface area contributed by atoms with E-state index in [0.29, 0.717) is 15.9 Å². The fourth-order valence-electron chi connectivity index (χ4n) is 1.86. The molecule has 0 fully saturated rings. The van der Waals surface area contributed by atoms with Crippen LogP contribution >= 0.6 is 23.2 Å². The lowest BCUT2D eigenvalue weighted by Crippen LogP contribution is -2.29. The van der Waals surface area contributed by atoms with Crippen LogP contribution < -0.4 is 0 Å². The highest BCUT2D eigenvalue weighted by atomic mass is 35.5. The van der Waals surface area contributed by atoms with E-state index in [9.17, 15) is 4.79 Å². The molecule has 1 aromatic carbocycles. The van der Waals surface area contributed by atoms with Crippen molar-refractivity contribution in [3.8, 4) is 0 Å². The van der Waals surface area contributed by atoms with E-state index in [4.69, 9.17) is 28.3 Å². The van der Waals surface area contributed by atoms with Gasteiger partial charge in [0, 0.05) is 5.02 Å². The molecular formula is C11H9Cl2NO2. The summed E-state index contributed by atoms with van der Waals surface area (Å²) in [5, 5.41) is 9.76. The highest BCUT2D eigenvalue weighted by Gasteiger charge is 2.40. The Hall–Kier alpha value is -1.06. The fraction of sp³-hybridized carbons (Fsp3) is 0.273. The van der Waals surface area contributed by atoms with E-state index in [-0.39, 0.29) is 6.42 Å². The number of aliphatic carboxylic acids is 1. The van der Waals surface area contributed by atoms with Gasteiger partial charge in [0.1, 0.15) is 5.17 Å². The summed E-state index contributed by atoms with van der Waals surface area (Å²) in [6, 6.07) is 5.17. The van der Waals surface area contributed by atoms with Crippen LogP contribution in [-0.2, 0) is 10.2 Å². The summed E-state index contributed by atoms with van der Waals surface area (Å²) in [6.45, 7) is 1.76. The summed E-state index contributed by atoms with van der Waals surface area (Å²) < 4.78 is 0. The molecule has 1 aliphatic heterocycles. The Morgan fingerprint density at radius 3 is 2.81 bits per heavy atom. The maximum atomic E-state index is 10.9. The molecule has 0 aromatic heterocycles. The molecule has 1 aliphatic rings. The molecule has 1 unspecified atom stereocenters. The van der Waals surface area contributed by atoms with Gasteiger partial charge >= 0.3 is 5.97 Å². The summed E-state index contributed by atoms with van der Waals surface area (Å²) in [5.41, 5.74) is 0.693. The lowest BCUT2D eigenvalue weighted by atomic mass is 9.81. The van der Waals surface area contributed by atoms with Gasteiger partial charge in [0.15, 0.2) is 0 Å². The highest BCUT2D eigenvalue weighted by molar-refractivity contribution is 6.68. The highest BCUT2D eigenvalue weighted by Crippen LogP contribution is 2.44. The van der Waals surface area contributed by atoms with Gasteiger partial charge in [-0.15, -0.1) is 0 Å². The third-order valence-electron chi connectivity index (χ3n) is 2.73. The van der Waals surface area contributed by atoms with Crippen LogP contribution in [0.2, 0.25) is 5.02 Å². The molecule has 0 spiro atoms. The number of halogens is 2. The predicted molar refractivity (Wildman–Crippen MR) is 64.0 cm³/mol. The minimum Gasteiger partial charge on any atom is -0.481 e. The van der Waals surface area contributed by atoms with Crippen LogP contribution in [0.25, 0.3) is 0 Å². The molecule has 16 heavy (non-hydrogen) atoms. The second-order valence-electron chi connectivity index (χ2n) is 3.97. The maximum Gasteiger partial charge on any atom is 0.304 e. The van der Waals surface area contributed by atoms with E-state index >= 15 is 0 Å². The molecular weight excluding hydrogens is 249 g/mol. The molecule has 84 valence electrons. The van der Waals surface area contributed by atoms with Gasteiger partial charge in [-0.1, -0.05) is 23.2 Å². The Balaban J connectivity index is 2.54. The first-order valence-electron chi connectivity index (χ1n) is 4.70. The molecule has 0 aliphatic carbocycles. The third kappa shape index (κ3) is 1.70. The summed E-state index contributed by atoms with van der Waals surface area (Å²) in [6.07, 6.45) is -0.0946. The Morgan fingerprint density at radius 2 is 2.19 bits per heavy atom. The zero-order valence-electron chi connectivity index (χ0n) is 8.50. The maximum absolute atomic E-state index is 10.9. The van der Waals surface area contributed by atoms with E-state index in [2.05, 4.69) is 4.99 Å². The zero-order valence-corrected chi connectivity index (χ0v) is 10.0. The van der Waals surface area contributed by atoms with E-state index in [0.717, 1.165) is 5.56 Å². The molecule has 1 atom stereocenters. The van der Waals surface area contributed by atoms with Gasteiger partial charge in [-0.25, -0.2) is 4.99 Å². The number of benzene rings is 1. The number of carboxylic acid groups (broad SMARTS) is 1. The van der Waals surface area contributed by atoms with Crippen LogP contribution in [-0.4, -0.2) is 16.2 Å². The molecule has 2 rings (SSSR count). The van der Waals surface area contributed by atoms with Crippen LogP contribution in [0.1, 0.15) is 18.9 Å². The van der Waals surface area contributed by atoms with Gasteiger partial charge in [0.2, 0.25) is 0 Å². The van der Waals surface area contributed by atoms with Crippen molar-refractivity contribution in [1.82, 2.24) is 0 Å². The van der Waals surface area contributed by atoms with Gasteiger partial charge in [-0.2, -0.15) is 0 Å². The van der Waals surface area contributed by atoms with Crippen molar-refractivity contribution in [2.24, 2.45) is 4.99 Å². The normalized spacial score (nSPS) is 22.8. The van der Waals surface area contributed by atoms with E-state index in [1.807, 2.05) is 0 Å². The Bertz CT molecular complexity index is 499. The topological polar surface area (TPSA) is 49.7 Å². The minimum absolute atomic E-state index is 0.0946. The summed E-state index contributed by atoms with van der Waals surface area (Å²) in [5.74, 6) is -0.913. The first-order chi connectivity index (χ1) is 7.43. The van der Waals surface area contributed by atoms with E-state index in [1.54, 1.807) is 25.1 Å². The first-order valence-corrected chi connectivity index (χ1v) is 5.45. The monoisotopic (exact) mass is 257 g/mol. The number of fused-ring (bicyclic) bond motifs is 1. The lowest BCUT2D eigenvalue weighted by molar-refractivity contribution is -0.137. The van der Waals surface area contributed by atoms with Gasteiger partial charge in [-0.05, 0) is 30.7 Å². The SMILES string of the molecule is CC1(CC(=O)O)C(Cl)=Nc2ccc(Cl)cc21. The molecule has 0 bridgehead atoms. The molecule has 1 heterocycles. The van der Waals surface area contributed by atoms with Gasteiger partial charge in [-0.3, -0.25) is 4.79 Å². The number of nitrogens with zero attached hydrogens (tertiary/aromatic N) is 1. The number of aliphatic imine (C=N–C) groups is 1. The van der Waals surface area contributed by atoms with Crippen molar-refractivity contribution < 1.29 is 9.90 Å². The van der Waals surface area contributed by atoms with Crippen LogP contribution in [0.5, 0.6) is 0 Å². The van der Waals surface area contributed by atoms with Gasteiger partial charge < -0.3 is 5.11 Å². The molecule has 1 aromatic rings. The largest absolute Gasteiger partial charge is 0.481 e.